The van der Waals surface area contributed by atoms with Gasteiger partial charge in [0.25, 0.3) is 0 Å². The highest BCUT2D eigenvalue weighted by molar-refractivity contribution is 9.10. The molecule has 1 aromatic carbocycles. The van der Waals surface area contributed by atoms with Crippen molar-refractivity contribution >= 4 is 37.5 Å². The lowest BCUT2D eigenvalue weighted by atomic mass is 10.3. The summed E-state index contributed by atoms with van der Waals surface area (Å²) in [5, 5.41) is 0. The first-order chi connectivity index (χ1) is 6.83. The number of nitrogens with one attached hydrogen (secondary N) is 1. The van der Waals surface area contributed by atoms with Gasteiger partial charge in [-0.3, -0.25) is 4.72 Å². The number of nitrogens with zero attached hydrogens (tertiary/aromatic N) is 1. The number of halogens is 1. The Kier molecular flexibility index (Phi) is 3.58. The zero-order valence-corrected chi connectivity index (χ0v) is 10.8. The van der Waals surface area contributed by atoms with Gasteiger partial charge in [0.1, 0.15) is 0 Å². The van der Waals surface area contributed by atoms with E-state index in [2.05, 4.69) is 20.7 Å². The third-order valence-electron chi connectivity index (χ3n) is 1.71. The fourth-order valence-corrected chi connectivity index (χ4v) is 2.11. The maximum absolute atomic E-state index is 11.5. The summed E-state index contributed by atoms with van der Waals surface area (Å²) in [5.74, 6) is 0. The summed E-state index contributed by atoms with van der Waals surface area (Å²) in [7, 11) is -0.570. The monoisotopic (exact) mass is 293 g/mol. The number of anilines is 2. The van der Waals surface area contributed by atoms with Gasteiger partial charge in [-0.15, -0.1) is 0 Å². The average Bonchev–Trinajstić information content (AvgIpc) is 2.09. The molecule has 0 aliphatic heterocycles. The van der Waals surface area contributed by atoms with E-state index in [0.29, 0.717) is 15.8 Å². The summed E-state index contributed by atoms with van der Waals surface area (Å²) < 4.78 is 27.1. The van der Waals surface area contributed by atoms with Crippen molar-refractivity contribution in [2.24, 2.45) is 0 Å². The van der Waals surface area contributed by atoms with Crippen molar-refractivity contribution < 1.29 is 8.42 Å². The first-order valence-electron chi connectivity index (χ1n) is 4.08. The second-order valence-electron chi connectivity index (χ2n) is 3.13. The van der Waals surface area contributed by atoms with Crippen LogP contribution in [0.1, 0.15) is 0 Å². The van der Waals surface area contributed by atoms with Crippen LogP contribution in [-0.2, 0) is 10.2 Å². The van der Waals surface area contributed by atoms with Gasteiger partial charge in [0.2, 0.25) is 0 Å². The topological polar surface area (TPSA) is 75.4 Å². The van der Waals surface area contributed by atoms with Crippen LogP contribution in [-0.4, -0.2) is 26.8 Å². The number of hydrogen-bond donors (Lipinski definition) is 2. The van der Waals surface area contributed by atoms with Crippen LogP contribution in [0.5, 0.6) is 0 Å². The normalized spacial score (nSPS) is 11.7. The summed E-state index contributed by atoms with van der Waals surface area (Å²) in [4.78, 5) is 0. The second-order valence-corrected chi connectivity index (χ2v) is 5.87. The minimum atomic E-state index is -3.47. The van der Waals surface area contributed by atoms with Gasteiger partial charge in [-0.25, -0.2) is 0 Å². The maximum atomic E-state index is 11.5. The molecule has 5 nitrogen and oxygen atoms in total. The Balaban J connectivity index is 3.01. The zero-order valence-electron chi connectivity index (χ0n) is 8.36. The Morgan fingerprint density at radius 2 is 2.00 bits per heavy atom. The van der Waals surface area contributed by atoms with E-state index in [0.717, 1.165) is 4.31 Å². The first-order valence-corrected chi connectivity index (χ1v) is 6.31. The SMILES string of the molecule is CN(C)S(=O)(=O)Nc1ccc(N)cc1Br. The van der Waals surface area contributed by atoms with E-state index < -0.39 is 10.2 Å². The molecule has 7 heteroatoms. The van der Waals surface area contributed by atoms with Crippen LogP contribution < -0.4 is 10.5 Å². The van der Waals surface area contributed by atoms with Gasteiger partial charge in [0, 0.05) is 24.3 Å². The van der Waals surface area contributed by atoms with Crippen molar-refractivity contribution in [2.75, 3.05) is 24.6 Å². The molecule has 0 unspecified atom stereocenters. The number of hydrogen-bond acceptors (Lipinski definition) is 3. The summed E-state index contributed by atoms with van der Waals surface area (Å²) in [6, 6.07) is 4.85. The van der Waals surface area contributed by atoms with Crippen LogP contribution in [0.25, 0.3) is 0 Å². The minimum Gasteiger partial charge on any atom is -0.399 e. The lowest BCUT2D eigenvalue weighted by Gasteiger charge is -2.14. The molecule has 1 aromatic rings. The third-order valence-corrected chi connectivity index (χ3v) is 3.81. The Labute approximate surface area is 97.6 Å². The van der Waals surface area contributed by atoms with Crippen LogP contribution in [0.4, 0.5) is 11.4 Å². The average molecular weight is 294 g/mol. The van der Waals surface area contributed by atoms with E-state index in [4.69, 9.17) is 5.73 Å². The Bertz CT molecular complexity index is 459. The van der Waals surface area contributed by atoms with Crippen LogP contribution >= 0.6 is 15.9 Å². The van der Waals surface area contributed by atoms with Crippen LogP contribution in [0.3, 0.4) is 0 Å². The largest absolute Gasteiger partial charge is 0.399 e. The number of benzene rings is 1. The minimum absolute atomic E-state index is 0.456. The summed E-state index contributed by atoms with van der Waals surface area (Å²) in [6.45, 7) is 0. The van der Waals surface area contributed by atoms with Crippen molar-refractivity contribution in [1.29, 1.82) is 0 Å². The second kappa shape index (κ2) is 4.38. The summed E-state index contributed by atoms with van der Waals surface area (Å²) >= 11 is 3.22. The molecule has 0 bridgehead atoms. The number of nitrogen functional groups attached to an aromatic ring is 1. The van der Waals surface area contributed by atoms with E-state index in [-0.39, 0.29) is 0 Å². The summed E-state index contributed by atoms with van der Waals surface area (Å²) in [5.41, 5.74) is 6.55. The van der Waals surface area contributed by atoms with Gasteiger partial charge in [-0.05, 0) is 34.1 Å². The highest BCUT2D eigenvalue weighted by Gasteiger charge is 2.14. The van der Waals surface area contributed by atoms with Crippen molar-refractivity contribution in [2.45, 2.75) is 0 Å². The fraction of sp³-hybridized carbons (Fsp3) is 0.250. The van der Waals surface area contributed by atoms with Gasteiger partial charge >= 0.3 is 10.2 Å². The molecule has 0 radical (unpaired) electrons. The molecular weight excluding hydrogens is 282 g/mol. The van der Waals surface area contributed by atoms with Crippen LogP contribution in [0, 0.1) is 0 Å². The molecular formula is C8H12BrN3O2S. The highest BCUT2D eigenvalue weighted by Crippen LogP contribution is 2.25. The number of nitrogens with two attached hydrogens (primary N) is 1. The van der Waals surface area contributed by atoms with E-state index in [1.807, 2.05) is 0 Å². The Hall–Kier alpha value is -0.790. The van der Waals surface area contributed by atoms with E-state index in [9.17, 15) is 8.42 Å². The molecule has 0 aliphatic carbocycles. The van der Waals surface area contributed by atoms with Gasteiger partial charge in [0.05, 0.1) is 5.69 Å². The molecule has 0 atom stereocenters. The Morgan fingerprint density at radius 1 is 1.40 bits per heavy atom. The highest BCUT2D eigenvalue weighted by atomic mass is 79.9. The van der Waals surface area contributed by atoms with Crippen molar-refractivity contribution in [3.05, 3.63) is 22.7 Å². The maximum Gasteiger partial charge on any atom is 0.301 e. The van der Waals surface area contributed by atoms with E-state index in [1.165, 1.54) is 14.1 Å². The molecule has 1 rings (SSSR count). The molecule has 3 N–H and O–H groups in total. The fourth-order valence-electron chi connectivity index (χ4n) is 0.844. The lowest BCUT2D eigenvalue weighted by Crippen LogP contribution is -2.29. The molecule has 0 amide bonds. The lowest BCUT2D eigenvalue weighted by molar-refractivity contribution is 0.527. The van der Waals surface area contributed by atoms with Crippen LogP contribution in [0.2, 0.25) is 0 Å². The predicted molar refractivity (Wildman–Crippen MR) is 64.8 cm³/mol. The molecule has 0 aromatic heterocycles. The van der Waals surface area contributed by atoms with E-state index in [1.54, 1.807) is 18.2 Å². The van der Waals surface area contributed by atoms with Crippen molar-refractivity contribution in [1.82, 2.24) is 4.31 Å². The quantitative estimate of drug-likeness (QED) is 0.824. The van der Waals surface area contributed by atoms with Gasteiger partial charge in [-0.1, -0.05) is 0 Å². The first kappa shape index (κ1) is 12.3. The zero-order chi connectivity index (χ0) is 11.6. The standard InChI is InChI=1S/C8H12BrN3O2S/c1-12(2)15(13,14)11-8-4-3-6(10)5-7(8)9/h3-5,11H,10H2,1-2H3. The third kappa shape index (κ3) is 3.08. The van der Waals surface area contributed by atoms with Gasteiger partial charge < -0.3 is 5.73 Å². The van der Waals surface area contributed by atoms with Crippen LogP contribution in [0.15, 0.2) is 22.7 Å². The number of rotatable bonds is 3. The predicted octanol–water partition coefficient (Wildman–Crippen LogP) is 1.25. The van der Waals surface area contributed by atoms with E-state index >= 15 is 0 Å². The van der Waals surface area contributed by atoms with Gasteiger partial charge in [-0.2, -0.15) is 12.7 Å². The molecule has 0 aliphatic rings. The smallest absolute Gasteiger partial charge is 0.301 e. The van der Waals surface area contributed by atoms with Gasteiger partial charge in [0.15, 0.2) is 0 Å². The molecule has 0 spiro atoms. The molecule has 0 saturated heterocycles. The summed E-state index contributed by atoms with van der Waals surface area (Å²) in [6.07, 6.45) is 0. The van der Waals surface area contributed by atoms with Crippen molar-refractivity contribution in [3.63, 3.8) is 0 Å². The molecule has 0 fully saturated rings. The molecule has 84 valence electrons. The molecule has 0 saturated carbocycles. The Morgan fingerprint density at radius 3 is 2.47 bits per heavy atom. The van der Waals surface area contributed by atoms with Crippen molar-refractivity contribution in [3.8, 4) is 0 Å². The molecule has 15 heavy (non-hydrogen) atoms. The molecule has 0 heterocycles.